The van der Waals surface area contributed by atoms with Gasteiger partial charge in [0, 0.05) is 42.4 Å². The Kier molecular flexibility index (Phi) is 8.24. The van der Waals surface area contributed by atoms with Crippen LogP contribution in [0.2, 0.25) is 10.0 Å². The summed E-state index contributed by atoms with van der Waals surface area (Å²) < 4.78 is 2.17. The van der Waals surface area contributed by atoms with Crippen molar-refractivity contribution in [2.45, 2.75) is 51.5 Å². The number of aromatic nitrogens is 2. The first-order valence-corrected chi connectivity index (χ1v) is 13.4. The van der Waals surface area contributed by atoms with Crippen molar-refractivity contribution in [2.24, 2.45) is 0 Å². The molecule has 0 spiro atoms. The Morgan fingerprint density at radius 1 is 0.946 bits per heavy atom. The van der Waals surface area contributed by atoms with Crippen molar-refractivity contribution in [3.05, 3.63) is 123 Å². The van der Waals surface area contributed by atoms with Gasteiger partial charge in [-0.1, -0.05) is 77.8 Å². The predicted molar refractivity (Wildman–Crippen MR) is 148 cm³/mol. The Labute approximate surface area is 228 Å². The van der Waals surface area contributed by atoms with Crippen LogP contribution in [0.1, 0.15) is 34.4 Å². The summed E-state index contributed by atoms with van der Waals surface area (Å²) in [6.07, 6.45) is 6.36. The molecule has 0 unspecified atom stereocenters. The first kappa shape index (κ1) is 25.5. The normalized spacial score (nSPS) is 15.5. The van der Waals surface area contributed by atoms with Crippen molar-refractivity contribution in [3.8, 4) is 0 Å². The van der Waals surface area contributed by atoms with Gasteiger partial charge in [0.25, 0.3) is 0 Å². The number of fused-ring (bicyclic) bond motifs is 1. The Hall–Kier alpha value is -3.12. The first-order chi connectivity index (χ1) is 18.1. The fourth-order valence-electron chi connectivity index (χ4n) is 4.88. The molecule has 7 heteroatoms. The predicted octanol–water partition coefficient (Wildman–Crippen LogP) is 6.07. The number of nitrogens with zero attached hydrogens (tertiary/aromatic N) is 3. The summed E-state index contributed by atoms with van der Waals surface area (Å²) in [5.41, 5.74) is 5.67. The third-order valence-corrected chi connectivity index (χ3v) is 7.56. The number of carbonyl (C=O) groups is 1. The van der Waals surface area contributed by atoms with E-state index in [0.29, 0.717) is 31.1 Å². The summed E-state index contributed by atoms with van der Waals surface area (Å²) in [7, 11) is 0. The van der Waals surface area contributed by atoms with E-state index in [4.69, 9.17) is 23.2 Å². The van der Waals surface area contributed by atoms with Gasteiger partial charge < -0.3 is 9.47 Å². The average molecular weight is 534 g/mol. The van der Waals surface area contributed by atoms with Crippen molar-refractivity contribution >= 4 is 29.1 Å². The summed E-state index contributed by atoms with van der Waals surface area (Å²) in [6, 6.07) is 23.7. The van der Waals surface area contributed by atoms with Gasteiger partial charge in [-0.2, -0.15) is 0 Å². The molecule has 1 aliphatic rings. The molecular weight excluding hydrogens is 503 g/mol. The molecule has 190 valence electrons. The number of hydrogen-bond donors (Lipinski definition) is 1. The number of imidazole rings is 1. The number of nitrogens with one attached hydrogen (secondary N) is 1. The van der Waals surface area contributed by atoms with Gasteiger partial charge in [0.1, 0.15) is 0 Å². The first-order valence-electron chi connectivity index (χ1n) is 12.6. The zero-order chi connectivity index (χ0) is 25.6. The van der Waals surface area contributed by atoms with Crippen LogP contribution in [0.5, 0.6) is 0 Å². The third kappa shape index (κ3) is 6.42. The molecule has 4 aromatic rings. The molecule has 0 radical (unpaired) electrons. The Morgan fingerprint density at radius 3 is 2.51 bits per heavy atom. The molecule has 5 nitrogen and oxygen atoms in total. The molecule has 1 atom stereocenters. The van der Waals surface area contributed by atoms with Gasteiger partial charge in [-0.25, -0.2) is 4.98 Å². The monoisotopic (exact) mass is 532 g/mol. The number of carbonyl (C=O) groups excluding carboxylic acids is 1. The van der Waals surface area contributed by atoms with E-state index in [1.165, 1.54) is 16.7 Å². The summed E-state index contributed by atoms with van der Waals surface area (Å²) in [5, 5.41) is 4.98. The quantitative estimate of drug-likeness (QED) is 0.284. The SMILES string of the molecule is O=C1[C@@H](NCc2cncn2CCCc2ccc(Cl)cc2)Cc2ccccc2CN1Cc1ccccc1Cl. The maximum atomic E-state index is 13.7. The number of benzene rings is 3. The molecular formula is C30H30Cl2N4O. The van der Waals surface area contributed by atoms with Crippen molar-refractivity contribution in [1.82, 2.24) is 19.8 Å². The minimum absolute atomic E-state index is 0.0879. The molecule has 5 rings (SSSR count). The zero-order valence-electron chi connectivity index (χ0n) is 20.6. The molecule has 1 aliphatic heterocycles. The van der Waals surface area contributed by atoms with Crippen molar-refractivity contribution in [1.29, 1.82) is 0 Å². The second-order valence-electron chi connectivity index (χ2n) is 9.50. The summed E-state index contributed by atoms with van der Waals surface area (Å²) in [6.45, 7) is 2.48. The summed E-state index contributed by atoms with van der Waals surface area (Å²) >= 11 is 12.4. The van der Waals surface area contributed by atoms with Crippen LogP contribution >= 0.6 is 23.2 Å². The number of amides is 1. The molecule has 37 heavy (non-hydrogen) atoms. The zero-order valence-corrected chi connectivity index (χ0v) is 22.1. The standard InChI is InChI=1S/C30H30Cl2N4O/c31-26-13-11-22(12-14-26)6-5-15-35-21-33-17-27(35)18-34-29-16-23-7-1-2-8-24(23)19-36(30(29)37)20-25-9-3-4-10-28(25)32/h1-4,7-14,17,21,29,34H,5-6,15-16,18-20H2/t29-/m0/s1. The average Bonchev–Trinajstić information content (AvgIpc) is 3.31. The topological polar surface area (TPSA) is 50.2 Å². The minimum Gasteiger partial charge on any atom is -0.333 e. The lowest BCUT2D eigenvalue weighted by atomic mass is 10.0. The number of aryl methyl sites for hydroxylation is 2. The molecule has 0 fully saturated rings. The number of hydrogen-bond acceptors (Lipinski definition) is 3. The second kappa shape index (κ2) is 12.0. The fraction of sp³-hybridized carbons (Fsp3) is 0.267. The second-order valence-corrected chi connectivity index (χ2v) is 10.3. The highest BCUT2D eigenvalue weighted by molar-refractivity contribution is 6.31. The Bertz CT molecular complexity index is 1350. The lowest BCUT2D eigenvalue weighted by Gasteiger charge is -2.26. The van der Waals surface area contributed by atoms with Crippen LogP contribution in [0.25, 0.3) is 0 Å². The van der Waals surface area contributed by atoms with E-state index in [1.54, 1.807) is 0 Å². The van der Waals surface area contributed by atoms with Gasteiger partial charge in [-0.15, -0.1) is 0 Å². The van der Waals surface area contributed by atoms with E-state index in [1.807, 2.05) is 66.0 Å². The van der Waals surface area contributed by atoms with Gasteiger partial charge in [-0.3, -0.25) is 10.1 Å². The highest BCUT2D eigenvalue weighted by atomic mass is 35.5. The number of halogens is 2. The molecule has 1 aromatic heterocycles. The van der Waals surface area contributed by atoms with E-state index < -0.39 is 0 Å². The van der Waals surface area contributed by atoms with Gasteiger partial charge in [0.2, 0.25) is 5.91 Å². The Morgan fingerprint density at radius 2 is 1.70 bits per heavy atom. The van der Waals surface area contributed by atoms with Gasteiger partial charge in [0.15, 0.2) is 0 Å². The molecule has 1 N–H and O–H groups in total. The van der Waals surface area contributed by atoms with Crippen LogP contribution in [0.4, 0.5) is 0 Å². The van der Waals surface area contributed by atoms with Crippen LogP contribution in [-0.2, 0) is 43.8 Å². The third-order valence-electron chi connectivity index (χ3n) is 6.94. The smallest absolute Gasteiger partial charge is 0.240 e. The molecule has 1 amide bonds. The molecule has 3 aromatic carbocycles. The lowest BCUT2D eigenvalue weighted by molar-refractivity contribution is -0.134. The Balaban J connectivity index is 1.26. The van der Waals surface area contributed by atoms with Gasteiger partial charge in [-0.05, 0) is 59.7 Å². The van der Waals surface area contributed by atoms with E-state index >= 15 is 0 Å². The van der Waals surface area contributed by atoms with Crippen LogP contribution in [-0.4, -0.2) is 26.4 Å². The van der Waals surface area contributed by atoms with E-state index in [-0.39, 0.29) is 11.9 Å². The highest BCUT2D eigenvalue weighted by Gasteiger charge is 2.29. The van der Waals surface area contributed by atoms with Crippen molar-refractivity contribution < 1.29 is 4.79 Å². The van der Waals surface area contributed by atoms with Crippen LogP contribution in [0, 0.1) is 0 Å². The van der Waals surface area contributed by atoms with Crippen LogP contribution in [0.15, 0.2) is 85.3 Å². The molecule has 0 saturated heterocycles. The molecule has 0 aliphatic carbocycles. The number of rotatable bonds is 9. The van der Waals surface area contributed by atoms with Crippen molar-refractivity contribution in [2.75, 3.05) is 0 Å². The van der Waals surface area contributed by atoms with E-state index in [2.05, 4.69) is 39.1 Å². The molecule has 0 bridgehead atoms. The minimum atomic E-state index is -0.330. The van der Waals surface area contributed by atoms with Crippen molar-refractivity contribution in [3.63, 3.8) is 0 Å². The fourth-order valence-corrected chi connectivity index (χ4v) is 5.20. The highest BCUT2D eigenvalue weighted by Crippen LogP contribution is 2.24. The largest absolute Gasteiger partial charge is 0.333 e. The maximum Gasteiger partial charge on any atom is 0.240 e. The van der Waals surface area contributed by atoms with E-state index in [9.17, 15) is 4.79 Å². The van der Waals surface area contributed by atoms with Crippen LogP contribution in [0.3, 0.4) is 0 Å². The van der Waals surface area contributed by atoms with Gasteiger partial charge in [0.05, 0.1) is 18.1 Å². The molecule has 2 heterocycles. The molecule has 0 saturated carbocycles. The summed E-state index contributed by atoms with van der Waals surface area (Å²) in [4.78, 5) is 20.0. The lowest BCUT2D eigenvalue weighted by Crippen LogP contribution is -2.45. The van der Waals surface area contributed by atoms with E-state index in [0.717, 1.165) is 35.7 Å². The maximum absolute atomic E-state index is 13.7. The van der Waals surface area contributed by atoms with Crippen LogP contribution < -0.4 is 5.32 Å². The van der Waals surface area contributed by atoms with Gasteiger partial charge >= 0.3 is 0 Å². The summed E-state index contributed by atoms with van der Waals surface area (Å²) in [5.74, 6) is 0.0879.